The van der Waals surface area contributed by atoms with Gasteiger partial charge in [-0.1, -0.05) is 5.23 Å². The third kappa shape index (κ3) is 5.75. The van der Waals surface area contributed by atoms with E-state index < -0.39 is 29.1 Å². The van der Waals surface area contributed by atoms with Crippen LogP contribution in [-0.2, 0) is 6.18 Å². The molecule has 0 spiro atoms. The van der Waals surface area contributed by atoms with Crippen LogP contribution in [0.3, 0.4) is 0 Å². The lowest BCUT2D eigenvalue weighted by atomic mass is 10.1. The fourth-order valence-corrected chi connectivity index (χ4v) is 2.33. The number of rotatable bonds is 5. The first-order valence-corrected chi connectivity index (χ1v) is 8.58. The van der Waals surface area contributed by atoms with E-state index in [0.29, 0.717) is 6.07 Å². The number of aliphatic hydroxyl groups is 1. The van der Waals surface area contributed by atoms with E-state index in [1.807, 2.05) is 0 Å². The number of hydrazine groups is 3. The zero-order valence-corrected chi connectivity index (χ0v) is 15.8. The van der Waals surface area contributed by atoms with Crippen LogP contribution in [-0.4, -0.2) is 38.1 Å². The molecule has 2 aromatic rings. The van der Waals surface area contributed by atoms with Crippen molar-refractivity contribution in [2.75, 3.05) is 6.54 Å². The molecule has 3 rings (SSSR count). The average molecular weight is 431 g/mol. The van der Waals surface area contributed by atoms with Crippen molar-refractivity contribution < 1.29 is 27.1 Å². The van der Waals surface area contributed by atoms with Crippen LogP contribution in [0.15, 0.2) is 41.5 Å². The lowest BCUT2D eigenvalue weighted by Crippen LogP contribution is -2.62. The Hall–Kier alpha value is -3.03. The number of nitrogens with zero attached hydrogens (tertiary/aromatic N) is 4. The van der Waals surface area contributed by atoms with Crippen molar-refractivity contribution in [2.45, 2.75) is 25.6 Å². The largest absolute Gasteiger partial charge is 0.435 e. The topological polar surface area (TPSA) is 89.7 Å². The first-order valence-electron chi connectivity index (χ1n) is 8.58. The predicted molar refractivity (Wildman–Crippen MR) is 97.4 cm³/mol. The molecule has 0 fully saturated rings. The molecule has 0 aliphatic carbocycles. The van der Waals surface area contributed by atoms with E-state index in [1.54, 1.807) is 0 Å². The Morgan fingerprint density at radius 1 is 1.13 bits per heavy atom. The molecule has 2 heterocycles. The Morgan fingerprint density at radius 3 is 2.37 bits per heavy atom. The summed E-state index contributed by atoms with van der Waals surface area (Å²) >= 11 is 0. The molecule has 1 aromatic heterocycles. The molecule has 0 atom stereocenters. The molecular weight excluding hydrogens is 413 g/mol. The van der Waals surface area contributed by atoms with Crippen molar-refractivity contribution in [3.05, 3.63) is 53.9 Å². The third-order valence-electron chi connectivity index (χ3n) is 3.62. The van der Waals surface area contributed by atoms with Crippen LogP contribution >= 0.6 is 0 Å². The summed E-state index contributed by atoms with van der Waals surface area (Å²) in [7, 11) is 0. The summed E-state index contributed by atoms with van der Waals surface area (Å²) in [5.74, 6) is -1.61. The summed E-state index contributed by atoms with van der Waals surface area (Å²) in [6.07, 6.45) is -2.26. The van der Waals surface area contributed by atoms with Crippen molar-refractivity contribution in [3.63, 3.8) is 0 Å². The number of hydrogen-bond acceptors (Lipinski definition) is 6. The van der Waals surface area contributed by atoms with Gasteiger partial charge in [-0.25, -0.2) is 23.9 Å². The highest BCUT2D eigenvalue weighted by Gasteiger charge is 2.34. The first-order chi connectivity index (χ1) is 13.9. The maximum Gasteiger partial charge on any atom is 0.435 e. The van der Waals surface area contributed by atoms with Crippen LogP contribution in [0.25, 0.3) is 5.82 Å². The summed E-state index contributed by atoms with van der Waals surface area (Å²) in [5.41, 5.74) is 5.90. The van der Waals surface area contributed by atoms with Gasteiger partial charge in [0, 0.05) is 24.9 Å². The number of amidine groups is 1. The number of nitrogens with one attached hydrogen (secondary N) is 3. The molecule has 0 saturated heterocycles. The highest BCUT2D eigenvalue weighted by atomic mass is 19.4. The van der Waals surface area contributed by atoms with Crippen molar-refractivity contribution in [3.8, 4) is 0 Å². The zero-order chi connectivity index (χ0) is 22.1. The van der Waals surface area contributed by atoms with Gasteiger partial charge in [0.15, 0.2) is 5.69 Å². The number of benzene rings is 1. The number of hydrogen-bond donors (Lipinski definition) is 4. The molecule has 1 aliphatic heterocycles. The molecule has 1 aliphatic rings. The Bertz CT molecular complexity index is 957. The molecule has 162 valence electrons. The maximum absolute atomic E-state index is 13.4. The second kappa shape index (κ2) is 8.01. The van der Waals surface area contributed by atoms with Crippen molar-refractivity contribution in [2.24, 2.45) is 4.99 Å². The van der Waals surface area contributed by atoms with Crippen LogP contribution in [0.5, 0.6) is 0 Å². The quantitative estimate of drug-likeness (QED) is 0.544. The number of aliphatic imine (C=N–C) groups is 1. The van der Waals surface area contributed by atoms with E-state index in [1.165, 1.54) is 19.9 Å². The zero-order valence-electron chi connectivity index (χ0n) is 15.8. The second-order valence-electron chi connectivity index (χ2n) is 7.00. The minimum atomic E-state index is -4.63. The highest BCUT2D eigenvalue weighted by molar-refractivity contribution is 5.98. The summed E-state index contributed by atoms with van der Waals surface area (Å²) in [4.78, 5) is 4.07. The van der Waals surface area contributed by atoms with Gasteiger partial charge in [0.25, 0.3) is 0 Å². The van der Waals surface area contributed by atoms with Gasteiger partial charge >= 0.3 is 6.18 Å². The van der Waals surface area contributed by atoms with Gasteiger partial charge in [0.2, 0.25) is 0 Å². The van der Waals surface area contributed by atoms with Crippen LogP contribution in [0, 0.1) is 11.6 Å². The van der Waals surface area contributed by atoms with Gasteiger partial charge < -0.3 is 5.11 Å². The van der Waals surface area contributed by atoms with E-state index in [4.69, 9.17) is 0 Å². The number of alkyl halides is 3. The normalized spacial score (nSPS) is 16.9. The predicted octanol–water partition coefficient (Wildman–Crippen LogP) is 2.31. The van der Waals surface area contributed by atoms with Gasteiger partial charge in [0.05, 0.1) is 11.3 Å². The monoisotopic (exact) mass is 431 g/mol. The molecule has 4 N–H and O–H groups in total. The Balaban J connectivity index is 1.94. The molecule has 0 bridgehead atoms. The van der Waals surface area contributed by atoms with Gasteiger partial charge in [-0.15, -0.1) is 0 Å². The van der Waals surface area contributed by atoms with Gasteiger partial charge in [-0.2, -0.15) is 18.3 Å². The lowest BCUT2D eigenvalue weighted by Gasteiger charge is -2.32. The fourth-order valence-electron chi connectivity index (χ4n) is 2.33. The molecule has 13 heteroatoms. The smallest absolute Gasteiger partial charge is 0.389 e. The minimum Gasteiger partial charge on any atom is -0.389 e. The van der Waals surface area contributed by atoms with E-state index >= 15 is 0 Å². The van der Waals surface area contributed by atoms with Gasteiger partial charge in [-0.3, -0.25) is 10.9 Å². The third-order valence-corrected chi connectivity index (χ3v) is 3.62. The van der Waals surface area contributed by atoms with Crippen molar-refractivity contribution in [1.29, 1.82) is 0 Å². The molecule has 0 saturated carbocycles. The number of aromatic nitrogens is 2. The summed E-state index contributed by atoms with van der Waals surface area (Å²) in [6.45, 7) is 3.11. The van der Waals surface area contributed by atoms with E-state index in [2.05, 4.69) is 26.4 Å². The minimum absolute atomic E-state index is 0.0288. The van der Waals surface area contributed by atoms with Crippen LogP contribution in [0.1, 0.15) is 19.5 Å². The molecule has 0 unspecified atom stereocenters. The summed E-state index contributed by atoms with van der Waals surface area (Å²) < 4.78 is 66.4. The Labute approximate surface area is 167 Å². The molecule has 0 amide bonds. The van der Waals surface area contributed by atoms with Crippen molar-refractivity contribution >= 4 is 17.3 Å². The maximum atomic E-state index is 13.4. The van der Waals surface area contributed by atoms with Gasteiger partial charge in [-0.05, 0) is 32.0 Å². The second-order valence-corrected chi connectivity index (χ2v) is 7.00. The molecule has 30 heavy (non-hydrogen) atoms. The van der Waals surface area contributed by atoms with Crippen LogP contribution in [0.2, 0.25) is 0 Å². The Kier molecular flexibility index (Phi) is 5.78. The molecule has 0 radical (unpaired) electrons. The lowest BCUT2D eigenvalue weighted by molar-refractivity contribution is -0.141. The van der Waals surface area contributed by atoms with E-state index in [0.717, 1.165) is 34.3 Å². The van der Waals surface area contributed by atoms with E-state index in [9.17, 15) is 27.1 Å². The van der Waals surface area contributed by atoms with E-state index in [-0.39, 0.29) is 23.9 Å². The summed E-state index contributed by atoms with van der Waals surface area (Å²) in [6, 6.07) is 3.44. The molecular formula is C17H18F5N7O. The standard InChI is InChI=1S/C17H18F5N7O/c1-16(2,30)9-23-29-26-14(24-12-6-10(18)5-11(19)7-12)8-15(27-29)28-4-3-13(25-28)17(20,21)22/h3-8,23,27,30H,9H2,1-2H3,(H,24,26). The van der Waals surface area contributed by atoms with Crippen molar-refractivity contribution in [1.82, 2.24) is 31.3 Å². The first kappa shape index (κ1) is 21.7. The van der Waals surface area contributed by atoms with Crippen LogP contribution < -0.4 is 16.3 Å². The number of halogens is 5. The molecule has 8 nitrogen and oxygen atoms in total. The van der Waals surface area contributed by atoms with Gasteiger partial charge in [0.1, 0.15) is 23.3 Å². The SMILES string of the molecule is CC(C)(O)CNN1NC(n2ccc(C(F)(F)F)n2)=CC(=Nc2cc(F)cc(F)c2)N1. The Morgan fingerprint density at radius 2 is 1.80 bits per heavy atom. The summed E-state index contributed by atoms with van der Waals surface area (Å²) in [5, 5.41) is 14.5. The highest BCUT2D eigenvalue weighted by Crippen LogP contribution is 2.27. The molecule has 1 aromatic carbocycles. The van der Waals surface area contributed by atoms with Crippen LogP contribution in [0.4, 0.5) is 27.6 Å². The fraction of sp³-hybridized carbons (Fsp3) is 0.294. The average Bonchev–Trinajstić information content (AvgIpc) is 3.09.